The van der Waals surface area contributed by atoms with E-state index in [0.29, 0.717) is 11.1 Å². The number of hydrogen-bond acceptors (Lipinski definition) is 3. The van der Waals surface area contributed by atoms with E-state index in [1.807, 2.05) is 6.07 Å². The predicted octanol–water partition coefficient (Wildman–Crippen LogP) is 2.66. The molecule has 2 rings (SSSR count). The molecule has 0 bridgehead atoms. The highest BCUT2D eigenvalue weighted by Crippen LogP contribution is 2.24. The van der Waals surface area contributed by atoms with E-state index in [-0.39, 0.29) is 0 Å². The van der Waals surface area contributed by atoms with Gasteiger partial charge in [0.05, 0.1) is 5.02 Å². The summed E-state index contributed by atoms with van der Waals surface area (Å²) >= 11 is 9.41. The molecule has 82 valence electrons. The fourth-order valence-electron chi connectivity index (χ4n) is 1.69. The molecular formula is C10H13BrClN3. The normalized spacial score (nSPS) is 21.3. The Morgan fingerprint density at radius 1 is 1.60 bits per heavy atom. The Bertz CT molecular complexity index is 339. The van der Waals surface area contributed by atoms with E-state index in [2.05, 4.69) is 31.5 Å². The number of nitrogens with zero attached hydrogens (tertiary/aromatic N) is 1. The molecule has 0 spiro atoms. The highest BCUT2D eigenvalue weighted by molar-refractivity contribution is 9.10. The second kappa shape index (κ2) is 5.14. The minimum atomic E-state index is 0.435. The van der Waals surface area contributed by atoms with Gasteiger partial charge >= 0.3 is 0 Å². The molecule has 0 amide bonds. The van der Waals surface area contributed by atoms with Gasteiger partial charge in [-0.25, -0.2) is 4.98 Å². The van der Waals surface area contributed by atoms with E-state index in [0.717, 1.165) is 23.4 Å². The zero-order chi connectivity index (χ0) is 10.7. The second-order valence-electron chi connectivity index (χ2n) is 3.67. The first-order valence-corrected chi connectivity index (χ1v) is 6.21. The number of hydrogen-bond donors (Lipinski definition) is 2. The van der Waals surface area contributed by atoms with Gasteiger partial charge in [0.2, 0.25) is 0 Å². The lowest BCUT2D eigenvalue weighted by Crippen LogP contribution is -2.38. The van der Waals surface area contributed by atoms with Crippen LogP contribution in [0, 0.1) is 0 Å². The lowest BCUT2D eigenvalue weighted by Gasteiger charge is -2.24. The van der Waals surface area contributed by atoms with Crippen LogP contribution in [0.25, 0.3) is 0 Å². The smallest absolute Gasteiger partial charge is 0.145 e. The van der Waals surface area contributed by atoms with Gasteiger partial charge in [0.15, 0.2) is 0 Å². The zero-order valence-corrected chi connectivity index (χ0v) is 10.6. The van der Waals surface area contributed by atoms with Gasteiger partial charge in [0.25, 0.3) is 0 Å². The van der Waals surface area contributed by atoms with Crippen LogP contribution in [-0.2, 0) is 0 Å². The monoisotopic (exact) mass is 289 g/mol. The third kappa shape index (κ3) is 3.06. The van der Waals surface area contributed by atoms with Crippen molar-refractivity contribution >= 4 is 33.3 Å². The predicted molar refractivity (Wildman–Crippen MR) is 66.5 cm³/mol. The fraction of sp³-hybridized carbons (Fsp3) is 0.500. The van der Waals surface area contributed by atoms with Crippen LogP contribution in [0.5, 0.6) is 0 Å². The van der Waals surface area contributed by atoms with Crippen molar-refractivity contribution < 1.29 is 0 Å². The average molecular weight is 291 g/mol. The van der Waals surface area contributed by atoms with Crippen LogP contribution in [0.15, 0.2) is 16.7 Å². The Labute approximate surface area is 103 Å². The van der Waals surface area contributed by atoms with E-state index in [1.165, 1.54) is 12.8 Å². The van der Waals surface area contributed by atoms with E-state index < -0.39 is 0 Å². The summed E-state index contributed by atoms with van der Waals surface area (Å²) in [6.45, 7) is 2.09. The van der Waals surface area contributed by atoms with Gasteiger partial charge in [-0.3, -0.25) is 0 Å². The highest BCUT2D eigenvalue weighted by Gasteiger charge is 2.14. The molecule has 0 saturated carbocycles. The molecule has 2 N–H and O–H groups in total. The fourth-order valence-corrected chi connectivity index (χ4v) is 2.37. The minimum Gasteiger partial charge on any atom is -0.365 e. The highest BCUT2D eigenvalue weighted by atomic mass is 79.9. The summed E-state index contributed by atoms with van der Waals surface area (Å²) in [5.41, 5.74) is 0. The maximum absolute atomic E-state index is 6.07. The van der Waals surface area contributed by atoms with Crippen molar-refractivity contribution in [1.82, 2.24) is 10.3 Å². The van der Waals surface area contributed by atoms with Gasteiger partial charge in [0, 0.05) is 23.3 Å². The second-order valence-corrected chi connectivity index (χ2v) is 4.99. The van der Waals surface area contributed by atoms with Crippen molar-refractivity contribution in [2.24, 2.45) is 0 Å². The van der Waals surface area contributed by atoms with Crippen LogP contribution in [0.1, 0.15) is 12.8 Å². The lowest BCUT2D eigenvalue weighted by molar-refractivity contribution is 0.479. The van der Waals surface area contributed by atoms with Crippen LogP contribution in [-0.4, -0.2) is 24.1 Å². The van der Waals surface area contributed by atoms with Crippen LogP contribution in [0.2, 0.25) is 5.02 Å². The zero-order valence-electron chi connectivity index (χ0n) is 8.26. The summed E-state index contributed by atoms with van der Waals surface area (Å²) in [6, 6.07) is 2.29. The first-order chi connectivity index (χ1) is 7.25. The molecule has 0 radical (unpaired) electrons. The van der Waals surface area contributed by atoms with Gasteiger partial charge in [-0.2, -0.15) is 0 Å². The van der Waals surface area contributed by atoms with Crippen LogP contribution in [0.4, 0.5) is 5.82 Å². The molecular weight excluding hydrogens is 277 g/mol. The maximum Gasteiger partial charge on any atom is 0.145 e. The van der Waals surface area contributed by atoms with Crippen LogP contribution in [0.3, 0.4) is 0 Å². The first-order valence-electron chi connectivity index (χ1n) is 5.04. The Hall–Kier alpha value is -0.320. The summed E-state index contributed by atoms with van der Waals surface area (Å²) in [6.07, 6.45) is 4.12. The number of nitrogens with one attached hydrogen (secondary N) is 2. The Morgan fingerprint density at radius 3 is 3.13 bits per heavy atom. The number of piperidine rings is 1. The van der Waals surface area contributed by atoms with Crippen molar-refractivity contribution in [2.45, 2.75) is 18.9 Å². The SMILES string of the molecule is Clc1cc(Br)cnc1NC1CCCNC1. The topological polar surface area (TPSA) is 37.0 Å². The lowest BCUT2D eigenvalue weighted by atomic mass is 10.1. The number of pyridine rings is 1. The average Bonchev–Trinajstić information content (AvgIpc) is 2.24. The summed E-state index contributed by atoms with van der Waals surface area (Å²) in [5.74, 6) is 0.772. The van der Waals surface area contributed by atoms with Gasteiger partial charge in [0.1, 0.15) is 5.82 Å². The van der Waals surface area contributed by atoms with Crippen molar-refractivity contribution in [3.05, 3.63) is 21.8 Å². The van der Waals surface area contributed by atoms with Gasteiger partial charge in [-0.05, 0) is 41.4 Å². The third-order valence-electron chi connectivity index (χ3n) is 2.45. The molecule has 0 aromatic carbocycles. The molecule has 5 heteroatoms. The molecule has 2 heterocycles. The van der Waals surface area contributed by atoms with Crippen molar-refractivity contribution in [2.75, 3.05) is 18.4 Å². The van der Waals surface area contributed by atoms with Gasteiger partial charge in [-0.1, -0.05) is 11.6 Å². The van der Waals surface area contributed by atoms with Crippen LogP contribution < -0.4 is 10.6 Å². The summed E-state index contributed by atoms with van der Waals surface area (Å²) in [4.78, 5) is 4.25. The molecule has 0 aliphatic carbocycles. The third-order valence-corrected chi connectivity index (χ3v) is 3.17. The molecule has 1 aromatic rings. The van der Waals surface area contributed by atoms with E-state index in [1.54, 1.807) is 6.20 Å². The molecule has 1 unspecified atom stereocenters. The summed E-state index contributed by atoms with van der Waals surface area (Å²) in [5, 5.41) is 7.36. The first kappa shape index (κ1) is 11.2. The Morgan fingerprint density at radius 2 is 2.47 bits per heavy atom. The molecule has 1 saturated heterocycles. The maximum atomic E-state index is 6.07. The molecule has 1 fully saturated rings. The van der Waals surface area contributed by atoms with Gasteiger partial charge < -0.3 is 10.6 Å². The van der Waals surface area contributed by atoms with E-state index >= 15 is 0 Å². The number of anilines is 1. The van der Waals surface area contributed by atoms with Crippen LogP contribution >= 0.6 is 27.5 Å². The minimum absolute atomic E-state index is 0.435. The van der Waals surface area contributed by atoms with E-state index in [9.17, 15) is 0 Å². The van der Waals surface area contributed by atoms with Crippen molar-refractivity contribution in [3.8, 4) is 0 Å². The number of halogens is 2. The quantitative estimate of drug-likeness (QED) is 0.879. The standard InChI is InChI=1S/C10H13BrClN3/c11-7-4-9(12)10(14-5-7)15-8-2-1-3-13-6-8/h4-5,8,13H,1-3,6H2,(H,14,15). The summed E-state index contributed by atoms with van der Waals surface area (Å²) < 4.78 is 0.903. The number of rotatable bonds is 2. The number of aromatic nitrogens is 1. The summed E-state index contributed by atoms with van der Waals surface area (Å²) in [7, 11) is 0. The Kier molecular flexibility index (Phi) is 3.83. The largest absolute Gasteiger partial charge is 0.365 e. The molecule has 1 aliphatic rings. The molecule has 1 aliphatic heterocycles. The molecule has 15 heavy (non-hydrogen) atoms. The van der Waals surface area contributed by atoms with E-state index in [4.69, 9.17) is 11.6 Å². The molecule has 1 aromatic heterocycles. The van der Waals surface area contributed by atoms with Gasteiger partial charge in [-0.15, -0.1) is 0 Å². The Balaban J connectivity index is 2.03. The molecule has 1 atom stereocenters. The van der Waals surface area contributed by atoms with Crippen molar-refractivity contribution in [3.63, 3.8) is 0 Å². The molecule has 3 nitrogen and oxygen atoms in total. The van der Waals surface area contributed by atoms with Crippen molar-refractivity contribution in [1.29, 1.82) is 0 Å².